The molecule has 0 atom stereocenters. The first kappa shape index (κ1) is 25.6. The summed E-state index contributed by atoms with van der Waals surface area (Å²) < 4.78 is 34.0. The molecule has 1 amide bonds. The molecule has 0 aliphatic carbocycles. The highest BCUT2D eigenvalue weighted by Gasteiger charge is 2.31. The predicted octanol–water partition coefficient (Wildman–Crippen LogP) is 4.11. The fraction of sp³-hybridized carbons (Fsp3) is 0.321. The number of rotatable bonds is 8. The number of ether oxygens (including phenoxy) is 1. The van der Waals surface area contributed by atoms with E-state index in [0.717, 1.165) is 22.6 Å². The molecule has 1 aliphatic heterocycles. The molecule has 0 unspecified atom stereocenters. The quantitative estimate of drug-likeness (QED) is 0.459. The molecule has 190 valence electrons. The predicted molar refractivity (Wildman–Crippen MR) is 143 cm³/mol. The van der Waals surface area contributed by atoms with Crippen molar-refractivity contribution in [1.82, 2.24) is 4.90 Å². The average Bonchev–Trinajstić information content (AvgIpc) is 2.92. The van der Waals surface area contributed by atoms with E-state index in [9.17, 15) is 13.2 Å². The van der Waals surface area contributed by atoms with Gasteiger partial charge in [-0.2, -0.15) is 0 Å². The van der Waals surface area contributed by atoms with E-state index in [4.69, 9.17) is 4.74 Å². The molecule has 1 heterocycles. The molecular formula is C28H33N3O4S. The Morgan fingerprint density at radius 3 is 2.17 bits per heavy atom. The van der Waals surface area contributed by atoms with E-state index in [1.54, 1.807) is 42.3 Å². The Bertz CT molecular complexity index is 1280. The molecule has 0 radical (unpaired) electrons. The zero-order valence-corrected chi connectivity index (χ0v) is 21.9. The Balaban J connectivity index is 1.54. The fourth-order valence-corrected chi connectivity index (χ4v) is 5.87. The van der Waals surface area contributed by atoms with Crippen LogP contribution in [0.2, 0.25) is 0 Å². The lowest BCUT2D eigenvalue weighted by Crippen LogP contribution is -2.52. The van der Waals surface area contributed by atoms with E-state index in [2.05, 4.69) is 4.90 Å². The van der Waals surface area contributed by atoms with Gasteiger partial charge in [0.05, 0.1) is 17.7 Å². The van der Waals surface area contributed by atoms with Crippen LogP contribution in [0.5, 0.6) is 5.75 Å². The molecular weight excluding hydrogens is 474 g/mol. The standard InChI is InChI=1S/C28H33N3O4S/c1-4-23-7-5-6-8-27(23)31(36(33,34)26-15-9-22(2)10-16-26)21-28(32)30-19-17-29(18-20-30)24-11-13-25(35-3)14-12-24/h5-16H,4,17-21H2,1-3H3. The number of hydrogen-bond acceptors (Lipinski definition) is 5. The lowest BCUT2D eigenvalue weighted by atomic mass is 10.1. The number of piperazine rings is 1. The first-order chi connectivity index (χ1) is 17.3. The van der Waals surface area contributed by atoms with Crippen molar-refractivity contribution in [3.8, 4) is 5.75 Å². The number of carbonyl (C=O) groups is 1. The maximum Gasteiger partial charge on any atom is 0.264 e. The van der Waals surface area contributed by atoms with Crippen molar-refractivity contribution in [3.63, 3.8) is 0 Å². The monoisotopic (exact) mass is 507 g/mol. The molecule has 7 nitrogen and oxygen atoms in total. The van der Waals surface area contributed by atoms with Gasteiger partial charge >= 0.3 is 0 Å². The highest BCUT2D eigenvalue weighted by Crippen LogP contribution is 2.28. The van der Waals surface area contributed by atoms with Gasteiger partial charge in [-0.15, -0.1) is 0 Å². The molecule has 36 heavy (non-hydrogen) atoms. The minimum Gasteiger partial charge on any atom is -0.497 e. The molecule has 0 saturated carbocycles. The van der Waals surface area contributed by atoms with Gasteiger partial charge in [0, 0.05) is 31.9 Å². The summed E-state index contributed by atoms with van der Waals surface area (Å²) in [5.41, 5.74) is 3.47. The van der Waals surface area contributed by atoms with Gasteiger partial charge in [-0.3, -0.25) is 9.10 Å². The van der Waals surface area contributed by atoms with Crippen LogP contribution in [0, 0.1) is 6.92 Å². The van der Waals surface area contributed by atoms with Crippen molar-refractivity contribution in [1.29, 1.82) is 0 Å². The van der Waals surface area contributed by atoms with Crippen LogP contribution in [0.1, 0.15) is 18.1 Å². The Labute approximate surface area is 214 Å². The number of aryl methyl sites for hydroxylation is 2. The van der Waals surface area contributed by atoms with Crippen molar-refractivity contribution >= 4 is 27.3 Å². The van der Waals surface area contributed by atoms with Crippen LogP contribution in [0.15, 0.2) is 77.7 Å². The number of anilines is 2. The van der Waals surface area contributed by atoms with Crippen LogP contribution >= 0.6 is 0 Å². The number of para-hydroxylation sites is 1. The van der Waals surface area contributed by atoms with Gasteiger partial charge in [0.15, 0.2) is 0 Å². The SMILES string of the molecule is CCc1ccccc1N(CC(=O)N1CCN(c2ccc(OC)cc2)CC1)S(=O)(=O)c1ccc(C)cc1. The minimum absolute atomic E-state index is 0.177. The van der Waals surface area contributed by atoms with E-state index < -0.39 is 10.0 Å². The van der Waals surface area contributed by atoms with Crippen molar-refractivity contribution in [2.75, 3.05) is 49.0 Å². The summed E-state index contributed by atoms with van der Waals surface area (Å²) in [6, 6.07) is 22.0. The molecule has 1 aliphatic rings. The van der Waals surface area contributed by atoms with Gasteiger partial charge in [-0.25, -0.2) is 8.42 Å². The number of hydrogen-bond donors (Lipinski definition) is 0. The average molecular weight is 508 g/mol. The molecule has 1 fully saturated rings. The van der Waals surface area contributed by atoms with Crippen molar-refractivity contribution in [2.45, 2.75) is 25.2 Å². The first-order valence-corrected chi connectivity index (χ1v) is 13.6. The minimum atomic E-state index is -3.93. The summed E-state index contributed by atoms with van der Waals surface area (Å²) in [5.74, 6) is 0.598. The molecule has 0 aromatic heterocycles. The normalized spacial score (nSPS) is 14.0. The topological polar surface area (TPSA) is 70.2 Å². The lowest BCUT2D eigenvalue weighted by molar-refractivity contribution is -0.129. The summed E-state index contributed by atoms with van der Waals surface area (Å²) in [6.45, 7) is 6.06. The molecule has 4 rings (SSSR count). The Kier molecular flexibility index (Phi) is 7.84. The van der Waals surface area contributed by atoms with Gasteiger partial charge in [0.1, 0.15) is 12.3 Å². The summed E-state index contributed by atoms with van der Waals surface area (Å²) in [4.78, 5) is 17.6. The molecule has 1 saturated heterocycles. The first-order valence-electron chi connectivity index (χ1n) is 12.2. The third kappa shape index (κ3) is 5.49. The summed E-state index contributed by atoms with van der Waals surface area (Å²) in [7, 11) is -2.29. The highest BCUT2D eigenvalue weighted by atomic mass is 32.2. The van der Waals surface area contributed by atoms with E-state index in [0.29, 0.717) is 38.3 Å². The number of nitrogens with zero attached hydrogens (tertiary/aromatic N) is 3. The van der Waals surface area contributed by atoms with Crippen LogP contribution < -0.4 is 13.9 Å². The maximum absolute atomic E-state index is 13.8. The largest absolute Gasteiger partial charge is 0.497 e. The van der Waals surface area contributed by atoms with E-state index in [1.807, 2.05) is 56.3 Å². The van der Waals surface area contributed by atoms with Crippen molar-refractivity contribution in [3.05, 3.63) is 83.9 Å². The summed E-state index contributed by atoms with van der Waals surface area (Å²) in [5, 5.41) is 0. The molecule has 0 N–H and O–H groups in total. The van der Waals surface area contributed by atoms with Crippen molar-refractivity contribution in [2.24, 2.45) is 0 Å². The van der Waals surface area contributed by atoms with Crippen LogP contribution in [-0.4, -0.2) is 59.1 Å². The number of methoxy groups -OCH3 is 1. The Hall–Kier alpha value is -3.52. The van der Waals surface area contributed by atoms with E-state index >= 15 is 0 Å². The molecule has 8 heteroatoms. The summed E-state index contributed by atoms with van der Waals surface area (Å²) in [6.07, 6.45) is 0.658. The van der Waals surface area contributed by atoms with Gasteiger partial charge in [-0.05, 0) is 61.4 Å². The fourth-order valence-electron chi connectivity index (χ4n) is 4.42. The number of benzene rings is 3. The Morgan fingerprint density at radius 1 is 0.917 bits per heavy atom. The van der Waals surface area contributed by atoms with Crippen molar-refractivity contribution < 1.29 is 17.9 Å². The van der Waals surface area contributed by atoms with E-state index in [1.165, 1.54) is 4.31 Å². The van der Waals surface area contributed by atoms with Gasteiger partial charge in [0.25, 0.3) is 10.0 Å². The third-order valence-electron chi connectivity index (χ3n) is 6.60. The van der Waals surface area contributed by atoms with Gasteiger partial charge in [-0.1, -0.05) is 42.8 Å². The van der Waals surface area contributed by atoms with Crippen LogP contribution in [0.4, 0.5) is 11.4 Å². The zero-order valence-electron chi connectivity index (χ0n) is 21.1. The second kappa shape index (κ2) is 11.0. The second-order valence-electron chi connectivity index (χ2n) is 8.87. The van der Waals surface area contributed by atoms with Crippen LogP contribution in [0.3, 0.4) is 0 Å². The maximum atomic E-state index is 13.8. The highest BCUT2D eigenvalue weighted by molar-refractivity contribution is 7.92. The van der Waals surface area contributed by atoms with Gasteiger partial charge in [0.2, 0.25) is 5.91 Å². The van der Waals surface area contributed by atoms with Gasteiger partial charge < -0.3 is 14.5 Å². The number of carbonyl (C=O) groups excluding carboxylic acids is 1. The molecule has 0 bridgehead atoms. The van der Waals surface area contributed by atoms with E-state index in [-0.39, 0.29) is 17.3 Å². The Morgan fingerprint density at radius 2 is 1.56 bits per heavy atom. The second-order valence-corrected chi connectivity index (χ2v) is 10.7. The molecule has 3 aromatic rings. The number of amides is 1. The molecule has 0 spiro atoms. The third-order valence-corrected chi connectivity index (χ3v) is 8.37. The van der Waals surface area contributed by atoms with Crippen LogP contribution in [0.25, 0.3) is 0 Å². The van der Waals surface area contributed by atoms with Crippen LogP contribution in [-0.2, 0) is 21.2 Å². The smallest absolute Gasteiger partial charge is 0.264 e. The summed E-state index contributed by atoms with van der Waals surface area (Å²) >= 11 is 0. The number of sulfonamides is 1. The molecule has 3 aromatic carbocycles. The zero-order chi connectivity index (χ0) is 25.7. The lowest BCUT2D eigenvalue weighted by Gasteiger charge is -2.37.